The van der Waals surface area contributed by atoms with E-state index in [4.69, 9.17) is 9.47 Å². The summed E-state index contributed by atoms with van der Waals surface area (Å²) in [6, 6.07) is 22.4. The zero-order valence-electron chi connectivity index (χ0n) is 20.2. The molecule has 3 aromatic carbocycles. The lowest BCUT2D eigenvalue weighted by molar-refractivity contribution is -0.113. The fraction of sp³-hybridized carbons (Fsp3) is 0.185. The SMILES string of the molecule is COc1cc(C2C(C(=O)Nc3ccccc3)=C(C)Nc3nnnn32)ccc1OCc1ccccc1C. The first-order valence-electron chi connectivity index (χ1n) is 11.5. The van der Waals surface area contributed by atoms with Crippen LogP contribution in [0.2, 0.25) is 0 Å². The summed E-state index contributed by atoms with van der Waals surface area (Å²) in [4.78, 5) is 13.5. The van der Waals surface area contributed by atoms with E-state index in [1.807, 2.05) is 73.7 Å². The molecule has 4 aromatic rings. The number of carbonyl (C=O) groups is 1. The summed E-state index contributed by atoms with van der Waals surface area (Å²) in [6.07, 6.45) is 0. The van der Waals surface area contributed by atoms with Gasteiger partial charge in [-0.15, -0.1) is 0 Å². The van der Waals surface area contributed by atoms with E-state index in [0.29, 0.717) is 41.0 Å². The molecule has 2 heterocycles. The van der Waals surface area contributed by atoms with Crippen LogP contribution in [0.3, 0.4) is 0 Å². The second kappa shape index (κ2) is 9.91. The second-order valence-electron chi connectivity index (χ2n) is 8.46. The van der Waals surface area contributed by atoms with Crippen molar-refractivity contribution < 1.29 is 14.3 Å². The largest absolute Gasteiger partial charge is 0.493 e. The van der Waals surface area contributed by atoms with Gasteiger partial charge in [0.25, 0.3) is 5.91 Å². The first-order valence-corrected chi connectivity index (χ1v) is 11.5. The Bertz CT molecular complexity index is 1430. The van der Waals surface area contributed by atoms with Gasteiger partial charge in [-0.25, -0.2) is 0 Å². The number of carbonyl (C=O) groups excluding carboxylic acids is 1. The highest BCUT2D eigenvalue weighted by Gasteiger charge is 2.34. The molecule has 0 saturated heterocycles. The first-order chi connectivity index (χ1) is 17.5. The Morgan fingerprint density at radius 2 is 1.81 bits per heavy atom. The van der Waals surface area contributed by atoms with Crippen molar-refractivity contribution in [2.24, 2.45) is 0 Å². The molecule has 1 aliphatic rings. The molecular weight excluding hydrogens is 456 g/mol. The fourth-order valence-electron chi connectivity index (χ4n) is 4.24. The van der Waals surface area contributed by atoms with Crippen LogP contribution in [0.15, 0.2) is 84.1 Å². The van der Waals surface area contributed by atoms with E-state index >= 15 is 0 Å². The molecule has 0 spiro atoms. The zero-order valence-corrected chi connectivity index (χ0v) is 20.2. The molecule has 182 valence electrons. The van der Waals surface area contributed by atoms with Crippen molar-refractivity contribution in [2.75, 3.05) is 17.7 Å². The zero-order chi connectivity index (χ0) is 25.1. The molecule has 0 saturated carbocycles. The van der Waals surface area contributed by atoms with Gasteiger partial charge in [-0.1, -0.05) is 53.6 Å². The number of tetrazole rings is 1. The highest BCUT2D eigenvalue weighted by molar-refractivity contribution is 6.06. The minimum absolute atomic E-state index is 0.254. The lowest BCUT2D eigenvalue weighted by Gasteiger charge is -2.28. The Hall–Kier alpha value is -4.66. The summed E-state index contributed by atoms with van der Waals surface area (Å²) >= 11 is 0. The van der Waals surface area contributed by atoms with E-state index in [0.717, 1.165) is 16.7 Å². The van der Waals surface area contributed by atoms with Crippen LogP contribution in [0, 0.1) is 6.92 Å². The second-order valence-corrected chi connectivity index (χ2v) is 8.46. The Labute approximate surface area is 208 Å². The van der Waals surface area contributed by atoms with Crippen LogP contribution in [0.5, 0.6) is 11.5 Å². The maximum absolute atomic E-state index is 13.5. The summed E-state index contributed by atoms with van der Waals surface area (Å²) < 4.78 is 13.3. The smallest absolute Gasteiger partial charge is 0.255 e. The molecule has 1 aromatic heterocycles. The summed E-state index contributed by atoms with van der Waals surface area (Å²) in [6.45, 7) is 4.30. The van der Waals surface area contributed by atoms with Crippen LogP contribution in [-0.4, -0.2) is 33.2 Å². The monoisotopic (exact) mass is 482 g/mol. The highest BCUT2D eigenvalue weighted by Crippen LogP contribution is 2.38. The summed E-state index contributed by atoms with van der Waals surface area (Å²) in [5.41, 5.74) is 4.88. The number of hydrogen-bond donors (Lipinski definition) is 2. The number of nitrogens with one attached hydrogen (secondary N) is 2. The van der Waals surface area contributed by atoms with Crippen LogP contribution in [0.25, 0.3) is 0 Å². The van der Waals surface area contributed by atoms with Crippen LogP contribution in [0.4, 0.5) is 11.6 Å². The van der Waals surface area contributed by atoms with Crippen molar-refractivity contribution >= 4 is 17.5 Å². The molecule has 1 aliphatic heterocycles. The topological polar surface area (TPSA) is 103 Å². The summed E-state index contributed by atoms with van der Waals surface area (Å²) in [5, 5.41) is 18.1. The average molecular weight is 483 g/mol. The van der Waals surface area contributed by atoms with Gasteiger partial charge in [0.05, 0.1) is 12.7 Å². The van der Waals surface area contributed by atoms with E-state index in [2.05, 4.69) is 39.1 Å². The third kappa shape index (κ3) is 4.50. The van der Waals surface area contributed by atoms with Gasteiger partial charge in [-0.2, -0.15) is 4.68 Å². The summed E-state index contributed by atoms with van der Waals surface area (Å²) in [5.74, 6) is 1.35. The van der Waals surface area contributed by atoms with Crippen molar-refractivity contribution in [2.45, 2.75) is 26.5 Å². The number of aromatic nitrogens is 4. The van der Waals surface area contributed by atoms with Crippen molar-refractivity contribution in [3.05, 3.63) is 101 Å². The number of benzene rings is 3. The molecule has 1 amide bonds. The Morgan fingerprint density at radius 1 is 1.03 bits per heavy atom. The number of para-hydroxylation sites is 1. The number of anilines is 2. The Kier molecular flexibility index (Phi) is 6.36. The third-order valence-corrected chi connectivity index (χ3v) is 6.14. The van der Waals surface area contributed by atoms with Crippen molar-refractivity contribution in [1.29, 1.82) is 0 Å². The molecule has 1 unspecified atom stereocenters. The molecule has 9 nitrogen and oxygen atoms in total. The van der Waals surface area contributed by atoms with Gasteiger partial charge in [0.2, 0.25) is 5.95 Å². The quantitative estimate of drug-likeness (QED) is 0.400. The normalized spacial score (nSPS) is 14.6. The van der Waals surface area contributed by atoms with Crippen LogP contribution in [-0.2, 0) is 11.4 Å². The maximum atomic E-state index is 13.5. The predicted octanol–water partition coefficient (Wildman–Crippen LogP) is 4.50. The number of rotatable bonds is 7. The number of aryl methyl sites for hydroxylation is 1. The molecule has 0 fully saturated rings. The van der Waals surface area contributed by atoms with Crippen LogP contribution < -0.4 is 20.1 Å². The minimum atomic E-state index is -0.570. The Morgan fingerprint density at radius 3 is 2.58 bits per heavy atom. The van der Waals surface area contributed by atoms with Gasteiger partial charge >= 0.3 is 0 Å². The van der Waals surface area contributed by atoms with Gasteiger partial charge in [0.1, 0.15) is 12.6 Å². The van der Waals surface area contributed by atoms with Crippen molar-refractivity contribution in [1.82, 2.24) is 20.2 Å². The van der Waals surface area contributed by atoms with E-state index in [1.165, 1.54) is 0 Å². The number of methoxy groups -OCH3 is 1. The fourth-order valence-corrected chi connectivity index (χ4v) is 4.24. The summed E-state index contributed by atoms with van der Waals surface area (Å²) in [7, 11) is 1.59. The molecule has 5 rings (SSSR count). The third-order valence-electron chi connectivity index (χ3n) is 6.14. The van der Waals surface area contributed by atoms with Crippen LogP contribution in [0.1, 0.15) is 29.7 Å². The van der Waals surface area contributed by atoms with Gasteiger partial charge < -0.3 is 20.1 Å². The lowest BCUT2D eigenvalue weighted by Crippen LogP contribution is -2.31. The first kappa shape index (κ1) is 23.1. The van der Waals surface area contributed by atoms with Crippen molar-refractivity contribution in [3.8, 4) is 11.5 Å². The molecule has 2 N–H and O–H groups in total. The number of allylic oxidation sites excluding steroid dienone is 1. The molecular formula is C27H26N6O3. The van der Waals surface area contributed by atoms with Gasteiger partial charge in [0.15, 0.2) is 11.5 Å². The van der Waals surface area contributed by atoms with Gasteiger partial charge in [-0.05, 0) is 65.2 Å². The maximum Gasteiger partial charge on any atom is 0.255 e. The average Bonchev–Trinajstić information content (AvgIpc) is 3.36. The molecule has 0 radical (unpaired) electrons. The van der Waals surface area contributed by atoms with E-state index < -0.39 is 6.04 Å². The van der Waals surface area contributed by atoms with Gasteiger partial charge in [0, 0.05) is 11.4 Å². The highest BCUT2D eigenvalue weighted by atomic mass is 16.5. The molecule has 1 atom stereocenters. The molecule has 36 heavy (non-hydrogen) atoms. The Balaban J connectivity index is 1.48. The van der Waals surface area contributed by atoms with E-state index in [-0.39, 0.29) is 5.91 Å². The molecule has 0 bridgehead atoms. The molecule has 0 aliphatic carbocycles. The van der Waals surface area contributed by atoms with E-state index in [1.54, 1.807) is 11.8 Å². The number of amides is 1. The minimum Gasteiger partial charge on any atom is -0.493 e. The van der Waals surface area contributed by atoms with Crippen LogP contribution >= 0.6 is 0 Å². The molecule has 9 heteroatoms. The number of ether oxygens (including phenoxy) is 2. The number of fused-ring (bicyclic) bond motifs is 1. The van der Waals surface area contributed by atoms with Gasteiger partial charge in [-0.3, -0.25) is 4.79 Å². The standard InChI is InChI=1S/C27H26N6O3/c1-17-9-7-8-10-20(17)16-36-22-14-13-19(15-23(22)35-3)25-24(18(2)28-27-30-31-32-33(25)27)26(34)29-21-11-5-4-6-12-21/h4-15,25H,16H2,1-3H3,(H,29,34)(H,28,30,32). The lowest BCUT2D eigenvalue weighted by atomic mass is 9.94. The van der Waals surface area contributed by atoms with Crippen molar-refractivity contribution in [3.63, 3.8) is 0 Å². The number of nitrogens with zero attached hydrogens (tertiary/aromatic N) is 4. The predicted molar refractivity (Wildman–Crippen MR) is 136 cm³/mol. The number of hydrogen-bond acceptors (Lipinski definition) is 7. The van der Waals surface area contributed by atoms with E-state index in [9.17, 15) is 4.79 Å².